The molecule has 0 saturated carbocycles. The summed E-state index contributed by atoms with van der Waals surface area (Å²) in [5, 5.41) is 10.4. The van der Waals surface area contributed by atoms with Crippen LogP contribution in [0.5, 0.6) is 0 Å². The first-order chi connectivity index (χ1) is 16.6. The van der Waals surface area contributed by atoms with Crippen molar-refractivity contribution in [1.29, 1.82) is 0 Å². The zero-order chi connectivity index (χ0) is 23.2. The largest absolute Gasteiger partial charge is 0.324 e. The Kier molecular flexibility index (Phi) is 5.30. The molecule has 2 aromatic heterocycles. The van der Waals surface area contributed by atoms with Crippen LogP contribution in [0.1, 0.15) is 35.7 Å². The normalized spacial score (nSPS) is 13.9. The van der Waals surface area contributed by atoms with Gasteiger partial charge in [0, 0.05) is 24.1 Å². The van der Waals surface area contributed by atoms with Crippen LogP contribution < -0.4 is 11.1 Å². The highest BCUT2D eigenvalue weighted by Crippen LogP contribution is 2.31. The van der Waals surface area contributed by atoms with E-state index in [4.69, 9.17) is 4.98 Å². The molecule has 1 aromatic carbocycles. The standard InChI is InChI=1S/C23H21N7O2S2/c1-14-26-30-18(31)12-15(24-23(30)34-14)13-33-22-25-20-19(17-10-6-3-7-11-28(17)22)21(32)29(27-20)16-8-4-2-5-9-16/h2,4-5,8-9,12H,3,6-7,10-11,13H2,1H3. The third-order valence-electron chi connectivity index (χ3n) is 5.92. The molecule has 0 atom stereocenters. The van der Waals surface area contributed by atoms with Gasteiger partial charge in [0.2, 0.25) is 4.96 Å². The van der Waals surface area contributed by atoms with E-state index in [1.54, 1.807) is 0 Å². The molecule has 0 saturated heterocycles. The second-order valence-electron chi connectivity index (χ2n) is 8.24. The fourth-order valence-electron chi connectivity index (χ4n) is 4.37. The van der Waals surface area contributed by atoms with E-state index in [1.807, 2.05) is 37.3 Å². The zero-order valence-electron chi connectivity index (χ0n) is 18.5. The number of fused-ring (bicyclic) bond motifs is 4. The van der Waals surface area contributed by atoms with E-state index in [0.717, 1.165) is 53.8 Å². The molecule has 0 spiro atoms. The van der Waals surface area contributed by atoms with Crippen LogP contribution in [0.25, 0.3) is 22.0 Å². The van der Waals surface area contributed by atoms with Crippen molar-refractivity contribution in [2.45, 2.75) is 50.1 Å². The van der Waals surface area contributed by atoms with E-state index in [-0.39, 0.29) is 11.1 Å². The van der Waals surface area contributed by atoms with Crippen LogP contribution in [-0.2, 0) is 18.7 Å². The molecule has 0 amide bonds. The Bertz CT molecular complexity index is 1600. The summed E-state index contributed by atoms with van der Waals surface area (Å²) in [4.78, 5) is 35.8. The molecule has 5 heterocycles. The maximum atomic E-state index is 13.4. The molecular formula is C23H21N7O2S2. The minimum Gasteiger partial charge on any atom is -0.324 e. The van der Waals surface area contributed by atoms with Crippen LogP contribution in [0.3, 0.4) is 0 Å². The van der Waals surface area contributed by atoms with Gasteiger partial charge >= 0.3 is 0 Å². The van der Waals surface area contributed by atoms with Crippen molar-refractivity contribution < 1.29 is 0 Å². The minimum atomic E-state index is -0.183. The maximum absolute atomic E-state index is 13.4. The van der Waals surface area contributed by atoms with Gasteiger partial charge in [0.25, 0.3) is 11.1 Å². The van der Waals surface area contributed by atoms with E-state index in [2.05, 4.69) is 19.7 Å². The lowest BCUT2D eigenvalue weighted by molar-refractivity contribution is 0.571. The molecule has 6 rings (SSSR count). The highest BCUT2D eigenvalue weighted by molar-refractivity contribution is 7.98. The summed E-state index contributed by atoms with van der Waals surface area (Å²) in [6.07, 6.45) is 3.98. The van der Waals surface area contributed by atoms with Crippen LogP contribution in [0, 0.1) is 6.92 Å². The molecule has 172 valence electrons. The molecule has 3 aliphatic rings. The monoisotopic (exact) mass is 491 g/mol. The van der Waals surface area contributed by atoms with Crippen molar-refractivity contribution in [1.82, 2.24) is 33.9 Å². The van der Waals surface area contributed by atoms with Gasteiger partial charge in [0.05, 0.1) is 11.4 Å². The molecule has 0 unspecified atom stereocenters. The molecule has 34 heavy (non-hydrogen) atoms. The van der Waals surface area contributed by atoms with Gasteiger partial charge in [0.1, 0.15) is 10.6 Å². The highest BCUT2D eigenvalue weighted by atomic mass is 32.2. The molecular weight excluding hydrogens is 470 g/mol. The predicted molar refractivity (Wildman–Crippen MR) is 131 cm³/mol. The maximum Gasteiger partial charge on any atom is 0.284 e. The molecule has 0 fully saturated rings. The van der Waals surface area contributed by atoms with Crippen LogP contribution in [0.4, 0.5) is 0 Å². The van der Waals surface area contributed by atoms with Crippen molar-refractivity contribution in [2.75, 3.05) is 0 Å². The second-order valence-corrected chi connectivity index (χ2v) is 10.3. The molecule has 0 N–H and O–H groups in total. The van der Waals surface area contributed by atoms with E-state index >= 15 is 0 Å². The lowest BCUT2D eigenvalue weighted by Gasteiger charge is -2.17. The van der Waals surface area contributed by atoms with Gasteiger partial charge in [-0.15, -0.1) is 5.10 Å². The molecule has 9 nitrogen and oxygen atoms in total. The number of hydrogen-bond acceptors (Lipinski definition) is 8. The van der Waals surface area contributed by atoms with Gasteiger partial charge in [-0.25, -0.2) is 9.97 Å². The summed E-state index contributed by atoms with van der Waals surface area (Å²) >= 11 is 2.92. The van der Waals surface area contributed by atoms with Crippen molar-refractivity contribution in [3.05, 3.63) is 73.5 Å². The van der Waals surface area contributed by atoms with E-state index < -0.39 is 0 Å². The van der Waals surface area contributed by atoms with Crippen LogP contribution in [-0.4, -0.2) is 33.9 Å². The average Bonchev–Trinajstić information content (AvgIpc) is 3.27. The first-order valence-corrected chi connectivity index (χ1v) is 13.0. The van der Waals surface area contributed by atoms with Crippen molar-refractivity contribution in [3.63, 3.8) is 0 Å². The van der Waals surface area contributed by atoms with Crippen molar-refractivity contribution in [2.24, 2.45) is 0 Å². The molecule has 3 aliphatic heterocycles. The van der Waals surface area contributed by atoms with Crippen LogP contribution in [0.2, 0.25) is 0 Å². The fourth-order valence-corrected chi connectivity index (χ4v) is 6.07. The minimum absolute atomic E-state index is 0.128. The third kappa shape index (κ3) is 3.64. The average molecular weight is 492 g/mol. The summed E-state index contributed by atoms with van der Waals surface area (Å²) < 4.78 is 4.95. The predicted octanol–water partition coefficient (Wildman–Crippen LogP) is 3.33. The van der Waals surface area contributed by atoms with Gasteiger partial charge in [-0.2, -0.15) is 14.3 Å². The Morgan fingerprint density at radius 2 is 1.91 bits per heavy atom. The van der Waals surface area contributed by atoms with Crippen molar-refractivity contribution in [3.8, 4) is 17.1 Å². The summed E-state index contributed by atoms with van der Waals surface area (Å²) in [6.45, 7) is 2.66. The highest BCUT2D eigenvalue weighted by Gasteiger charge is 2.27. The number of benzene rings is 1. The first-order valence-electron chi connectivity index (χ1n) is 11.2. The SMILES string of the molecule is Cc1nn2c(=O)cc(CSc3nc4nn(-c5ccccc5)c(=O)c-4c4n3CCCCC4)nc2s1. The van der Waals surface area contributed by atoms with Crippen molar-refractivity contribution >= 4 is 28.1 Å². The lowest BCUT2D eigenvalue weighted by Crippen LogP contribution is -2.19. The van der Waals surface area contributed by atoms with Crippen LogP contribution in [0.15, 0.2) is 51.1 Å². The number of thioether (sulfide) groups is 1. The summed E-state index contributed by atoms with van der Waals surface area (Å²) in [5.41, 5.74) is 2.70. The number of hydrogen-bond donors (Lipinski definition) is 0. The van der Waals surface area contributed by atoms with Gasteiger partial charge in [-0.3, -0.25) is 9.59 Å². The topological polar surface area (TPSA) is 100.0 Å². The molecule has 0 radical (unpaired) electrons. The Morgan fingerprint density at radius 1 is 1.06 bits per heavy atom. The van der Waals surface area contributed by atoms with E-state index in [0.29, 0.717) is 27.8 Å². The smallest absolute Gasteiger partial charge is 0.284 e. The van der Waals surface area contributed by atoms with E-state index in [1.165, 1.54) is 38.4 Å². The second kappa shape index (κ2) is 8.48. The molecule has 11 heteroatoms. The summed E-state index contributed by atoms with van der Waals surface area (Å²) in [6, 6.07) is 11.0. The van der Waals surface area contributed by atoms with Gasteiger partial charge in [-0.05, 0) is 38.3 Å². The quantitative estimate of drug-likeness (QED) is 0.281. The number of nitrogens with zero attached hydrogens (tertiary/aromatic N) is 7. The first kappa shape index (κ1) is 21.2. The number of rotatable bonds is 4. The molecule has 3 aromatic rings. The van der Waals surface area contributed by atoms with Gasteiger partial charge < -0.3 is 4.57 Å². The summed E-state index contributed by atoms with van der Waals surface area (Å²) in [5.74, 6) is 0.954. The summed E-state index contributed by atoms with van der Waals surface area (Å²) in [7, 11) is 0. The Labute approximate surface area is 202 Å². The Balaban J connectivity index is 1.43. The fraction of sp³-hybridized carbons (Fsp3) is 0.304. The third-order valence-corrected chi connectivity index (χ3v) is 7.75. The number of aryl methyl sites for hydroxylation is 1. The van der Waals surface area contributed by atoms with Gasteiger partial charge in [0.15, 0.2) is 11.0 Å². The van der Waals surface area contributed by atoms with Crippen LogP contribution >= 0.6 is 23.1 Å². The number of para-hydroxylation sites is 1. The molecule has 0 bridgehead atoms. The Hall–Kier alpha value is -3.31. The van der Waals surface area contributed by atoms with Gasteiger partial charge in [-0.1, -0.05) is 47.7 Å². The lowest BCUT2D eigenvalue weighted by atomic mass is 10.1. The molecule has 0 aliphatic carbocycles. The number of aromatic nitrogens is 7. The Morgan fingerprint density at radius 3 is 2.76 bits per heavy atom. The van der Waals surface area contributed by atoms with E-state index in [9.17, 15) is 9.59 Å². The zero-order valence-corrected chi connectivity index (χ0v) is 20.1.